The van der Waals surface area contributed by atoms with Crippen LogP contribution in [0, 0.1) is 0 Å². The van der Waals surface area contributed by atoms with E-state index in [0.717, 1.165) is 4.90 Å². The zero-order valence-corrected chi connectivity index (χ0v) is 12.9. The van der Waals surface area contributed by atoms with Crippen molar-refractivity contribution >= 4 is 68.5 Å². The van der Waals surface area contributed by atoms with Gasteiger partial charge in [0.1, 0.15) is 5.65 Å². The number of hydrogen-bond donors (Lipinski definition) is 2. The highest BCUT2D eigenvalue weighted by molar-refractivity contribution is 6.46. The summed E-state index contributed by atoms with van der Waals surface area (Å²) < 4.78 is 0. The highest BCUT2D eigenvalue weighted by Gasteiger charge is 2.19. The molecule has 0 aliphatic carbocycles. The second-order valence-corrected chi connectivity index (χ2v) is 5.68. The molecule has 2 N–H and O–H groups in total. The summed E-state index contributed by atoms with van der Waals surface area (Å²) in [5.74, 6) is 0. The minimum atomic E-state index is -1.10. The van der Waals surface area contributed by atoms with E-state index in [0.29, 0.717) is 42.7 Å². The molecule has 2 heterocycles. The molecule has 1 amide bonds. The van der Waals surface area contributed by atoms with E-state index in [1.54, 1.807) is 12.1 Å². The lowest BCUT2D eigenvalue weighted by atomic mass is 10.1. The van der Waals surface area contributed by atoms with E-state index in [4.69, 9.17) is 39.9 Å². The van der Waals surface area contributed by atoms with Gasteiger partial charge < -0.3 is 10.1 Å². The van der Waals surface area contributed by atoms with Crippen molar-refractivity contribution in [3.8, 4) is 0 Å². The fourth-order valence-corrected chi connectivity index (χ4v) is 2.81. The molecule has 1 aromatic carbocycles. The van der Waals surface area contributed by atoms with Gasteiger partial charge in [0.15, 0.2) is 0 Å². The van der Waals surface area contributed by atoms with Gasteiger partial charge in [-0.25, -0.2) is 9.78 Å². The normalized spacial score (nSPS) is 11.2. The zero-order chi connectivity index (χ0) is 15.3. The van der Waals surface area contributed by atoms with E-state index in [1.807, 2.05) is 0 Å². The van der Waals surface area contributed by atoms with Crippen LogP contribution < -0.4 is 4.90 Å². The Morgan fingerprint density at radius 1 is 1.33 bits per heavy atom. The van der Waals surface area contributed by atoms with Gasteiger partial charge in [-0.1, -0.05) is 34.8 Å². The minimum absolute atomic E-state index is 0.318. The number of halogens is 3. The van der Waals surface area contributed by atoms with Crippen molar-refractivity contribution < 1.29 is 9.90 Å². The molecule has 3 aromatic rings. The Morgan fingerprint density at radius 2 is 2.05 bits per heavy atom. The number of carboxylic acid groups (broad SMARTS) is 1. The summed E-state index contributed by atoms with van der Waals surface area (Å²) in [5, 5.41) is 11.5. The number of rotatable bonds is 1. The van der Waals surface area contributed by atoms with Crippen molar-refractivity contribution in [2.24, 2.45) is 0 Å². The predicted molar refractivity (Wildman–Crippen MR) is 85.1 cm³/mol. The molecule has 8 heteroatoms. The van der Waals surface area contributed by atoms with Gasteiger partial charge in [0, 0.05) is 29.0 Å². The largest absolute Gasteiger partial charge is 0.465 e. The van der Waals surface area contributed by atoms with Crippen LogP contribution >= 0.6 is 34.8 Å². The van der Waals surface area contributed by atoms with Crippen LogP contribution in [0.5, 0.6) is 0 Å². The van der Waals surface area contributed by atoms with Crippen LogP contribution in [0.1, 0.15) is 0 Å². The average Bonchev–Trinajstić information content (AvgIpc) is 2.80. The highest BCUT2D eigenvalue weighted by Crippen LogP contribution is 2.39. The summed E-state index contributed by atoms with van der Waals surface area (Å²) in [7, 11) is 1.43. The molecule has 0 fully saturated rings. The maximum absolute atomic E-state index is 11.2. The maximum atomic E-state index is 11.2. The van der Waals surface area contributed by atoms with Gasteiger partial charge in [-0.05, 0) is 12.1 Å². The van der Waals surface area contributed by atoms with Gasteiger partial charge >= 0.3 is 6.09 Å². The van der Waals surface area contributed by atoms with E-state index < -0.39 is 6.09 Å². The van der Waals surface area contributed by atoms with Crippen LogP contribution in [0.3, 0.4) is 0 Å². The zero-order valence-electron chi connectivity index (χ0n) is 10.6. The van der Waals surface area contributed by atoms with Gasteiger partial charge in [0.25, 0.3) is 0 Å². The van der Waals surface area contributed by atoms with Crippen molar-refractivity contribution in [1.29, 1.82) is 0 Å². The molecular weight excluding hydrogens is 337 g/mol. The van der Waals surface area contributed by atoms with Crippen LogP contribution in [0.25, 0.3) is 21.9 Å². The Kier molecular flexibility index (Phi) is 3.36. The summed E-state index contributed by atoms with van der Waals surface area (Å²) in [4.78, 5) is 19.5. The third kappa shape index (κ3) is 2.18. The molecule has 21 heavy (non-hydrogen) atoms. The molecule has 0 saturated heterocycles. The molecule has 0 radical (unpaired) electrons. The fourth-order valence-electron chi connectivity index (χ4n) is 2.21. The van der Waals surface area contributed by atoms with E-state index in [-0.39, 0.29) is 0 Å². The average molecular weight is 345 g/mol. The quantitative estimate of drug-likeness (QED) is 0.667. The van der Waals surface area contributed by atoms with Crippen molar-refractivity contribution in [3.05, 3.63) is 33.4 Å². The molecule has 108 valence electrons. The topological polar surface area (TPSA) is 69.2 Å². The van der Waals surface area contributed by atoms with Crippen LogP contribution in [0.15, 0.2) is 18.3 Å². The summed E-state index contributed by atoms with van der Waals surface area (Å²) in [5.41, 5.74) is 1.51. The van der Waals surface area contributed by atoms with Gasteiger partial charge in [-0.2, -0.15) is 0 Å². The summed E-state index contributed by atoms with van der Waals surface area (Å²) >= 11 is 18.3. The number of anilines is 1. The van der Waals surface area contributed by atoms with Gasteiger partial charge in [0.05, 0.1) is 21.2 Å². The smallest absolute Gasteiger partial charge is 0.411 e. The van der Waals surface area contributed by atoms with Crippen molar-refractivity contribution in [1.82, 2.24) is 9.97 Å². The molecule has 0 atom stereocenters. The summed E-state index contributed by atoms with van der Waals surface area (Å²) in [6, 6.07) is 3.25. The Morgan fingerprint density at radius 3 is 2.71 bits per heavy atom. The van der Waals surface area contributed by atoms with Crippen molar-refractivity contribution in [2.75, 3.05) is 11.9 Å². The number of nitrogens with one attached hydrogen (secondary N) is 1. The Labute approximate surface area is 134 Å². The lowest BCUT2D eigenvalue weighted by Crippen LogP contribution is -2.24. The molecule has 0 spiro atoms. The van der Waals surface area contributed by atoms with Crippen LogP contribution in [-0.4, -0.2) is 28.2 Å². The van der Waals surface area contributed by atoms with Crippen LogP contribution in [-0.2, 0) is 0 Å². The SMILES string of the molecule is CN(C(=O)O)c1cc(Cl)cc2c1[nH]c1ncc(Cl)c(Cl)c12. The Bertz CT molecular complexity index is 891. The fraction of sp³-hybridized carbons (Fsp3) is 0.0769. The second-order valence-electron chi connectivity index (χ2n) is 4.46. The molecule has 5 nitrogen and oxygen atoms in total. The van der Waals surface area contributed by atoms with Gasteiger partial charge in [0.2, 0.25) is 0 Å². The first-order chi connectivity index (χ1) is 9.90. The van der Waals surface area contributed by atoms with E-state index in [2.05, 4.69) is 9.97 Å². The number of pyridine rings is 1. The first-order valence-corrected chi connectivity index (χ1v) is 6.95. The molecular formula is C13H8Cl3N3O2. The molecule has 0 unspecified atom stereocenters. The Balaban J connectivity index is 2.47. The third-order valence-corrected chi connectivity index (χ3v) is 4.21. The number of aromatic nitrogens is 2. The van der Waals surface area contributed by atoms with Crippen molar-refractivity contribution in [3.63, 3.8) is 0 Å². The number of benzene rings is 1. The predicted octanol–water partition coefficient (Wildman–Crippen LogP) is 4.79. The third-order valence-electron chi connectivity index (χ3n) is 3.22. The molecule has 3 rings (SSSR count). The molecule has 0 bridgehead atoms. The number of hydrogen-bond acceptors (Lipinski definition) is 2. The standard InChI is InChI=1S/C13H8Cl3N3O2/c1-19(13(20)21)8-3-5(14)2-6-9-10(16)7(15)4-17-12(9)18-11(6)8/h2-4H,1H3,(H,17,18)(H,20,21). The minimum Gasteiger partial charge on any atom is -0.465 e. The maximum Gasteiger partial charge on any atom is 0.411 e. The lowest BCUT2D eigenvalue weighted by molar-refractivity contribution is 0.203. The number of H-pyrrole nitrogens is 1. The molecule has 0 aliphatic heterocycles. The number of aromatic amines is 1. The molecule has 2 aromatic heterocycles. The van der Waals surface area contributed by atoms with E-state index >= 15 is 0 Å². The number of carbonyl (C=O) groups is 1. The van der Waals surface area contributed by atoms with E-state index in [9.17, 15) is 4.79 Å². The summed E-state index contributed by atoms with van der Waals surface area (Å²) in [6.07, 6.45) is 0.332. The molecule has 0 aliphatic rings. The first-order valence-electron chi connectivity index (χ1n) is 5.81. The number of amides is 1. The highest BCUT2D eigenvalue weighted by atomic mass is 35.5. The van der Waals surface area contributed by atoms with E-state index in [1.165, 1.54) is 13.2 Å². The number of nitrogens with zero attached hydrogens (tertiary/aromatic N) is 2. The monoisotopic (exact) mass is 343 g/mol. The van der Waals surface area contributed by atoms with Gasteiger partial charge in [-0.15, -0.1) is 0 Å². The first kappa shape index (κ1) is 14.3. The van der Waals surface area contributed by atoms with Crippen molar-refractivity contribution in [2.45, 2.75) is 0 Å². The molecule has 0 saturated carbocycles. The van der Waals surface area contributed by atoms with Crippen LogP contribution in [0.4, 0.5) is 10.5 Å². The second kappa shape index (κ2) is 4.94. The summed E-state index contributed by atoms with van der Waals surface area (Å²) in [6.45, 7) is 0. The van der Waals surface area contributed by atoms with Crippen LogP contribution in [0.2, 0.25) is 15.1 Å². The number of fused-ring (bicyclic) bond motifs is 3. The Hall–Kier alpha value is -1.69. The van der Waals surface area contributed by atoms with Gasteiger partial charge in [-0.3, -0.25) is 4.90 Å². The lowest BCUT2D eigenvalue weighted by Gasteiger charge is -2.14.